The lowest BCUT2D eigenvalue weighted by atomic mass is 10.2. The molecule has 1 N–H and O–H groups in total. The monoisotopic (exact) mass is 359 g/mol. The molecule has 1 fully saturated rings. The van der Waals surface area contributed by atoms with E-state index in [2.05, 4.69) is 26.2 Å². The summed E-state index contributed by atoms with van der Waals surface area (Å²) in [6.45, 7) is 0. The van der Waals surface area contributed by atoms with Crippen molar-refractivity contribution in [2.45, 2.75) is 18.8 Å². The number of nitrogens with zero attached hydrogens (tertiary/aromatic N) is 3. The third-order valence-electron chi connectivity index (χ3n) is 3.07. The maximum atomic E-state index is 13.3. The normalized spacial score (nSPS) is 14.6. The van der Waals surface area contributed by atoms with Gasteiger partial charge >= 0.3 is 5.97 Å². The molecule has 1 heterocycles. The van der Waals surface area contributed by atoms with Crippen LogP contribution < -0.4 is 0 Å². The molecular formula is C12H8BrClFN3O2. The van der Waals surface area contributed by atoms with E-state index in [-0.39, 0.29) is 16.6 Å². The first-order valence-corrected chi connectivity index (χ1v) is 7.00. The van der Waals surface area contributed by atoms with Crippen molar-refractivity contribution >= 4 is 33.5 Å². The zero-order valence-electron chi connectivity index (χ0n) is 9.98. The molecule has 8 heteroatoms. The average molecular weight is 361 g/mol. The minimum absolute atomic E-state index is 0.0835. The molecular weight excluding hydrogens is 353 g/mol. The second kappa shape index (κ2) is 4.82. The highest BCUT2D eigenvalue weighted by Gasteiger charge is 2.35. The van der Waals surface area contributed by atoms with Gasteiger partial charge in [0.05, 0.1) is 16.4 Å². The Bertz CT molecular complexity index is 692. The van der Waals surface area contributed by atoms with Crippen LogP contribution >= 0.6 is 27.5 Å². The molecule has 0 spiro atoms. The molecule has 0 atom stereocenters. The average Bonchev–Trinajstić information content (AvgIpc) is 3.08. The number of halogens is 3. The van der Waals surface area contributed by atoms with Crippen LogP contribution in [0.2, 0.25) is 5.02 Å². The van der Waals surface area contributed by atoms with Crippen LogP contribution in [-0.2, 0) is 0 Å². The number of carbonyl (C=O) groups is 1. The van der Waals surface area contributed by atoms with E-state index in [4.69, 9.17) is 16.7 Å². The summed E-state index contributed by atoms with van der Waals surface area (Å²) in [7, 11) is 0. The van der Waals surface area contributed by atoms with Crippen LogP contribution in [0.15, 0.2) is 16.6 Å². The lowest BCUT2D eigenvalue weighted by Gasteiger charge is -2.10. The Morgan fingerprint density at radius 1 is 1.50 bits per heavy atom. The van der Waals surface area contributed by atoms with Crippen molar-refractivity contribution in [3.05, 3.63) is 38.8 Å². The van der Waals surface area contributed by atoms with Gasteiger partial charge in [0.15, 0.2) is 5.69 Å². The highest BCUT2D eigenvalue weighted by atomic mass is 79.9. The second-order valence-electron chi connectivity index (χ2n) is 4.53. The van der Waals surface area contributed by atoms with E-state index >= 15 is 0 Å². The van der Waals surface area contributed by atoms with Gasteiger partial charge in [0, 0.05) is 10.4 Å². The van der Waals surface area contributed by atoms with Crippen LogP contribution in [0.3, 0.4) is 0 Å². The molecule has 3 rings (SSSR count). The summed E-state index contributed by atoms with van der Waals surface area (Å²) < 4.78 is 15.1. The van der Waals surface area contributed by atoms with E-state index in [1.54, 1.807) is 0 Å². The van der Waals surface area contributed by atoms with Crippen LogP contribution in [0.1, 0.15) is 34.9 Å². The van der Waals surface area contributed by atoms with Gasteiger partial charge in [-0.05, 0) is 40.9 Å². The molecule has 20 heavy (non-hydrogen) atoms. The molecule has 1 aromatic heterocycles. The molecule has 0 radical (unpaired) electrons. The topological polar surface area (TPSA) is 68.0 Å². The van der Waals surface area contributed by atoms with E-state index < -0.39 is 11.8 Å². The number of aromatic nitrogens is 3. The Morgan fingerprint density at radius 3 is 2.75 bits per heavy atom. The number of carboxylic acids is 1. The van der Waals surface area contributed by atoms with Crippen molar-refractivity contribution in [2.24, 2.45) is 0 Å². The lowest BCUT2D eigenvalue weighted by molar-refractivity contribution is 0.0689. The number of rotatable bonds is 3. The van der Waals surface area contributed by atoms with Gasteiger partial charge in [-0.15, -0.1) is 5.10 Å². The highest BCUT2D eigenvalue weighted by molar-refractivity contribution is 9.10. The first kappa shape index (κ1) is 13.5. The van der Waals surface area contributed by atoms with Gasteiger partial charge in [-0.25, -0.2) is 13.9 Å². The summed E-state index contributed by atoms with van der Waals surface area (Å²) in [5, 5.41) is 16.9. The van der Waals surface area contributed by atoms with E-state index in [9.17, 15) is 9.18 Å². The van der Waals surface area contributed by atoms with Crippen molar-refractivity contribution < 1.29 is 14.3 Å². The molecule has 1 saturated carbocycles. The zero-order valence-corrected chi connectivity index (χ0v) is 12.3. The van der Waals surface area contributed by atoms with Crippen LogP contribution in [0, 0.1) is 5.82 Å². The number of hydrogen-bond donors (Lipinski definition) is 1. The Morgan fingerprint density at radius 2 is 2.20 bits per heavy atom. The summed E-state index contributed by atoms with van der Waals surface area (Å²) in [6, 6.07) is 2.40. The smallest absolute Gasteiger partial charge is 0.358 e. The molecule has 1 aliphatic rings. The first-order valence-electron chi connectivity index (χ1n) is 5.83. The summed E-state index contributed by atoms with van der Waals surface area (Å²) in [5.41, 5.74) is 0.821. The Labute approximate surface area is 126 Å². The second-order valence-corrected chi connectivity index (χ2v) is 5.79. The molecule has 1 aliphatic carbocycles. The Kier molecular flexibility index (Phi) is 3.25. The minimum Gasteiger partial charge on any atom is -0.476 e. The third-order valence-corrected chi connectivity index (χ3v) is 3.96. The fourth-order valence-electron chi connectivity index (χ4n) is 2.07. The number of carboxylic acid groups (broad SMARTS) is 1. The molecule has 0 saturated heterocycles. The Hall–Kier alpha value is -1.47. The van der Waals surface area contributed by atoms with Gasteiger partial charge in [0.25, 0.3) is 0 Å². The fraction of sp³-hybridized carbons (Fsp3) is 0.250. The van der Waals surface area contributed by atoms with Gasteiger partial charge in [-0.1, -0.05) is 16.8 Å². The zero-order chi connectivity index (χ0) is 14.4. The van der Waals surface area contributed by atoms with Crippen molar-refractivity contribution in [1.82, 2.24) is 15.0 Å². The fourth-order valence-corrected chi connectivity index (χ4v) is 3.07. The van der Waals surface area contributed by atoms with Crippen LogP contribution in [0.5, 0.6) is 0 Å². The molecule has 2 aromatic rings. The van der Waals surface area contributed by atoms with Crippen molar-refractivity contribution in [1.29, 1.82) is 0 Å². The van der Waals surface area contributed by atoms with Crippen LogP contribution in [0.25, 0.3) is 5.69 Å². The summed E-state index contributed by atoms with van der Waals surface area (Å²) in [6.07, 6.45) is 1.76. The number of benzene rings is 1. The van der Waals surface area contributed by atoms with Gasteiger partial charge in [-0.3, -0.25) is 0 Å². The van der Waals surface area contributed by atoms with Crippen molar-refractivity contribution in [2.75, 3.05) is 0 Å². The lowest BCUT2D eigenvalue weighted by Crippen LogP contribution is -2.07. The highest BCUT2D eigenvalue weighted by Crippen LogP contribution is 2.43. The van der Waals surface area contributed by atoms with Gasteiger partial charge in [0.1, 0.15) is 5.82 Å². The van der Waals surface area contributed by atoms with Crippen LogP contribution in [0.4, 0.5) is 4.39 Å². The largest absolute Gasteiger partial charge is 0.476 e. The van der Waals surface area contributed by atoms with Crippen molar-refractivity contribution in [3.63, 3.8) is 0 Å². The summed E-state index contributed by atoms with van der Waals surface area (Å²) >= 11 is 9.27. The first-order chi connectivity index (χ1) is 9.49. The van der Waals surface area contributed by atoms with Gasteiger partial charge in [-0.2, -0.15) is 0 Å². The molecule has 5 nitrogen and oxygen atoms in total. The van der Waals surface area contributed by atoms with E-state index in [1.807, 2.05) is 0 Å². The SMILES string of the molecule is O=C(O)c1nnn(-c2c(Cl)cc(F)cc2Br)c1C1CC1. The molecule has 0 aliphatic heterocycles. The van der Waals surface area contributed by atoms with Crippen molar-refractivity contribution in [3.8, 4) is 5.69 Å². The Balaban J connectivity index is 2.23. The number of hydrogen-bond acceptors (Lipinski definition) is 3. The predicted octanol–water partition coefficient (Wildman–Crippen LogP) is 3.40. The van der Waals surface area contributed by atoms with Crippen LogP contribution in [-0.4, -0.2) is 26.1 Å². The van der Waals surface area contributed by atoms with E-state index in [0.717, 1.165) is 18.9 Å². The summed E-state index contributed by atoms with van der Waals surface area (Å²) in [4.78, 5) is 11.2. The van der Waals surface area contributed by atoms with E-state index in [1.165, 1.54) is 10.7 Å². The maximum Gasteiger partial charge on any atom is 0.358 e. The molecule has 1 aromatic carbocycles. The number of aromatic carboxylic acids is 1. The van der Waals surface area contributed by atoms with Gasteiger partial charge in [0.2, 0.25) is 0 Å². The predicted molar refractivity (Wildman–Crippen MR) is 73.0 cm³/mol. The summed E-state index contributed by atoms with van der Waals surface area (Å²) in [5.74, 6) is -1.52. The standard InChI is InChI=1S/C12H8BrClFN3O2/c13-7-3-6(15)4-8(14)11(7)18-10(5-1-2-5)9(12(19)20)16-17-18/h3-5H,1-2H2,(H,19,20). The maximum absolute atomic E-state index is 13.3. The molecule has 0 bridgehead atoms. The quantitative estimate of drug-likeness (QED) is 0.911. The minimum atomic E-state index is -1.13. The molecule has 0 amide bonds. The molecule has 104 valence electrons. The molecule has 0 unspecified atom stereocenters. The van der Waals surface area contributed by atoms with Gasteiger partial charge < -0.3 is 5.11 Å². The third kappa shape index (κ3) is 2.20. The van der Waals surface area contributed by atoms with E-state index in [0.29, 0.717) is 15.9 Å².